The van der Waals surface area contributed by atoms with Crippen LogP contribution in [0.5, 0.6) is 0 Å². The minimum absolute atomic E-state index is 0.0824. The molecule has 10 heteroatoms. The largest absolute Gasteiger partial charge is 0.454 e. The van der Waals surface area contributed by atoms with Crippen molar-refractivity contribution < 1.29 is 28.7 Å². The van der Waals surface area contributed by atoms with Crippen LogP contribution in [-0.2, 0) is 23.9 Å². The van der Waals surface area contributed by atoms with Gasteiger partial charge in [0.05, 0.1) is 0 Å². The Morgan fingerprint density at radius 3 is 2.48 bits per heavy atom. The number of carbonyl (C=O) groups is 5. The number of benzene rings is 1. The summed E-state index contributed by atoms with van der Waals surface area (Å²) >= 11 is 0. The van der Waals surface area contributed by atoms with Gasteiger partial charge in [0, 0.05) is 18.3 Å². The minimum Gasteiger partial charge on any atom is -0.454 e. The number of nitrogens with zero attached hydrogens (tertiary/aromatic N) is 1. The van der Waals surface area contributed by atoms with Gasteiger partial charge < -0.3 is 20.7 Å². The molecule has 1 saturated heterocycles. The third-order valence-electron chi connectivity index (χ3n) is 4.81. The van der Waals surface area contributed by atoms with Crippen LogP contribution in [0.2, 0.25) is 0 Å². The monoisotopic (exact) mass is 402 g/mol. The van der Waals surface area contributed by atoms with E-state index in [1.165, 1.54) is 6.92 Å². The molecule has 10 nitrogen and oxygen atoms in total. The highest BCUT2D eigenvalue weighted by molar-refractivity contribution is 6.09. The Hall–Kier alpha value is -3.43. The van der Waals surface area contributed by atoms with Crippen LogP contribution in [0.15, 0.2) is 24.3 Å². The van der Waals surface area contributed by atoms with Gasteiger partial charge in [-0.1, -0.05) is 6.07 Å². The first-order valence-corrected chi connectivity index (χ1v) is 9.16. The summed E-state index contributed by atoms with van der Waals surface area (Å²) in [5.41, 5.74) is -0.0654. The number of amides is 5. The number of hydrogen-bond acceptors (Lipinski definition) is 6. The zero-order valence-electron chi connectivity index (χ0n) is 16.1. The number of esters is 1. The van der Waals surface area contributed by atoms with Crippen molar-refractivity contribution in [3.8, 4) is 0 Å². The van der Waals surface area contributed by atoms with Crippen LogP contribution < -0.4 is 16.0 Å². The van der Waals surface area contributed by atoms with E-state index in [-0.39, 0.29) is 11.8 Å². The Labute approximate surface area is 166 Å². The zero-order chi connectivity index (χ0) is 21.2. The average molecular weight is 402 g/mol. The van der Waals surface area contributed by atoms with Gasteiger partial charge >= 0.3 is 12.0 Å². The number of anilines is 2. The maximum absolute atomic E-state index is 12.5. The Balaban J connectivity index is 1.48. The van der Waals surface area contributed by atoms with E-state index in [0.29, 0.717) is 11.4 Å². The van der Waals surface area contributed by atoms with Gasteiger partial charge in [-0.25, -0.2) is 4.79 Å². The molecule has 0 bridgehead atoms. The van der Waals surface area contributed by atoms with E-state index >= 15 is 0 Å². The van der Waals surface area contributed by atoms with Gasteiger partial charge in [-0.3, -0.25) is 24.1 Å². The summed E-state index contributed by atoms with van der Waals surface area (Å²) in [5, 5.41) is 7.75. The molecule has 5 amide bonds. The molecule has 1 atom stereocenters. The van der Waals surface area contributed by atoms with Crippen LogP contribution in [0, 0.1) is 5.92 Å². The van der Waals surface area contributed by atoms with E-state index in [0.717, 1.165) is 17.7 Å². The van der Waals surface area contributed by atoms with E-state index in [9.17, 15) is 24.0 Å². The molecule has 1 aromatic rings. The Kier molecular flexibility index (Phi) is 5.53. The highest BCUT2D eigenvalue weighted by Crippen LogP contribution is 2.42. The van der Waals surface area contributed by atoms with Crippen LogP contribution in [-0.4, -0.2) is 53.3 Å². The average Bonchev–Trinajstić information content (AvgIpc) is 3.46. The lowest BCUT2D eigenvalue weighted by atomic mass is 9.96. The van der Waals surface area contributed by atoms with Gasteiger partial charge in [-0.2, -0.15) is 0 Å². The highest BCUT2D eigenvalue weighted by Gasteiger charge is 2.56. The molecule has 1 aromatic carbocycles. The number of imide groups is 1. The van der Waals surface area contributed by atoms with Gasteiger partial charge in [-0.05, 0) is 43.9 Å². The maximum atomic E-state index is 12.5. The summed E-state index contributed by atoms with van der Waals surface area (Å²) < 4.78 is 4.88. The first-order valence-electron chi connectivity index (χ1n) is 9.16. The van der Waals surface area contributed by atoms with Crippen molar-refractivity contribution in [3.63, 3.8) is 0 Å². The van der Waals surface area contributed by atoms with Gasteiger partial charge in [0.2, 0.25) is 5.91 Å². The number of carbonyl (C=O) groups excluding carboxylic acids is 5. The van der Waals surface area contributed by atoms with Gasteiger partial charge in [-0.15, -0.1) is 0 Å². The second-order valence-electron chi connectivity index (χ2n) is 7.27. The van der Waals surface area contributed by atoms with Crippen molar-refractivity contribution >= 4 is 41.1 Å². The highest BCUT2D eigenvalue weighted by atomic mass is 16.5. The molecule has 154 valence electrons. The van der Waals surface area contributed by atoms with E-state index in [1.54, 1.807) is 31.2 Å². The van der Waals surface area contributed by atoms with Gasteiger partial charge in [0.15, 0.2) is 6.61 Å². The van der Waals surface area contributed by atoms with Crippen molar-refractivity contribution in [3.05, 3.63) is 24.3 Å². The SMILES string of the molecule is CC(=O)Nc1cccc(NC(=O)COC(=O)CN2C(=O)N[C@](C)(C3CC3)C2=O)c1. The number of urea groups is 1. The maximum Gasteiger partial charge on any atom is 0.326 e. The van der Waals surface area contributed by atoms with Crippen molar-refractivity contribution in [2.24, 2.45) is 5.92 Å². The topological polar surface area (TPSA) is 134 Å². The predicted octanol–water partition coefficient (Wildman–Crippen LogP) is 0.847. The Bertz CT molecular complexity index is 881. The van der Waals surface area contributed by atoms with E-state index in [4.69, 9.17) is 4.74 Å². The number of nitrogens with one attached hydrogen (secondary N) is 3. The number of hydrogen-bond donors (Lipinski definition) is 3. The molecule has 0 unspecified atom stereocenters. The summed E-state index contributed by atoms with van der Waals surface area (Å²) in [6.07, 6.45) is 1.70. The zero-order valence-corrected chi connectivity index (χ0v) is 16.1. The van der Waals surface area contributed by atoms with Crippen molar-refractivity contribution in [1.82, 2.24) is 10.2 Å². The van der Waals surface area contributed by atoms with Gasteiger partial charge in [0.1, 0.15) is 12.1 Å². The number of rotatable bonds is 7. The molecule has 0 radical (unpaired) electrons. The lowest BCUT2D eigenvalue weighted by Gasteiger charge is -2.20. The number of ether oxygens (including phenoxy) is 1. The van der Waals surface area contributed by atoms with Crippen LogP contribution in [0.25, 0.3) is 0 Å². The van der Waals surface area contributed by atoms with Crippen LogP contribution in [0.4, 0.5) is 16.2 Å². The first kappa shape index (κ1) is 20.3. The van der Waals surface area contributed by atoms with Crippen molar-refractivity contribution in [2.45, 2.75) is 32.2 Å². The standard InChI is InChI=1S/C19H22N4O6/c1-11(24)20-13-4-3-5-14(8-13)21-15(25)10-29-16(26)9-23-17(27)19(2,12-6-7-12)22-18(23)28/h3-5,8,12H,6-7,9-10H2,1-2H3,(H,20,24)(H,21,25)(H,22,28)/t19-/m1/s1. The second kappa shape index (κ2) is 7.90. The summed E-state index contributed by atoms with van der Waals surface area (Å²) in [7, 11) is 0. The molecule has 0 spiro atoms. The molecule has 0 aromatic heterocycles. The normalized spacial score (nSPS) is 20.8. The molecule has 29 heavy (non-hydrogen) atoms. The molecule has 1 heterocycles. The molecule has 1 aliphatic heterocycles. The lowest BCUT2D eigenvalue weighted by Crippen LogP contribution is -2.46. The van der Waals surface area contributed by atoms with E-state index in [2.05, 4.69) is 16.0 Å². The molecular weight excluding hydrogens is 380 g/mol. The summed E-state index contributed by atoms with van der Waals surface area (Å²) in [5.74, 6) is -2.09. The molecule has 1 aliphatic carbocycles. The van der Waals surface area contributed by atoms with Crippen molar-refractivity contribution in [2.75, 3.05) is 23.8 Å². The van der Waals surface area contributed by atoms with Crippen molar-refractivity contribution in [1.29, 1.82) is 0 Å². The molecule has 3 N–H and O–H groups in total. The third kappa shape index (κ3) is 4.71. The van der Waals surface area contributed by atoms with E-state index in [1.807, 2.05) is 0 Å². The second-order valence-corrected chi connectivity index (χ2v) is 7.27. The smallest absolute Gasteiger partial charge is 0.326 e. The first-order chi connectivity index (χ1) is 13.7. The van der Waals surface area contributed by atoms with E-state index < -0.39 is 42.5 Å². The van der Waals surface area contributed by atoms with Crippen LogP contribution in [0.3, 0.4) is 0 Å². The fraction of sp³-hybridized carbons (Fsp3) is 0.421. The van der Waals surface area contributed by atoms with Gasteiger partial charge in [0.25, 0.3) is 11.8 Å². The Morgan fingerprint density at radius 1 is 1.21 bits per heavy atom. The molecule has 2 fully saturated rings. The fourth-order valence-corrected chi connectivity index (χ4v) is 3.19. The lowest BCUT2D eigenvalue weighted by molar-refractivity contribution is -0.150. The molecule has 1 saturated carbocycles. The minimum atomic E-state index is -0.979. The summed E-state index contributed by atoms with van der Waals surface area (Å²) in [6.45, 7) is 1.88. The molecule has 3 rings (SSSR count). The van der Waals surface area contributed by atoms with Crippen LogP contribution in [0.1, 0.15) is 26.7 Å². The fourth-order valence-electron chi connectivity index (χ4n) is 3.19. The quantitative estimate of drug-likeness (QED) is 0.457. The predicted molar refractivity (Wildman–Crippen MR) is 102 cm³/mol. The molecular formula is C19H22N4O6. The third-order valence-corrected chi connectivity index (χ3v) is 4.81. The summed E-state index contributed by atoms with van der Waals surface area (Å²) in [4.78, 5) is 60.4. The summed E-state index contributed by atoms with van der Waals surface area (Å²) in [6, 6.07) is 5.82. The van der Waals surface area contributed by atoms with Crippen LogP contribution >= 0.6 is 0 Å². The Morgan fingerprint density at radius 2 is 1.86 bits per heavy atom. The molecule has 2 aliphatic rings.